The van der Waals surface area contributed by atoms with Crippen molar-refractivity contribution in [3.05, 3.63) is 36.4 Å². The Hall–Kier alpha value is -1.67. The molecular weight excluding hydrogens is 364 g/mol. The van der Waals surface area contributed by atoms with Crippen LogP contribution in [0.1, 0.15) is 6.42 Å². The maximum atomic E-state index is 13.3. The SMILES string of the molecule is COc1ccc(S(=O)(=O)N2CCN(C[C@@H]3CCOC3)CC2)c2ccccc12. The summed E-state index contributed by atoms with van der Waals surface area (Å²) in [7, 11) is -1.94. The molecule has 1 atom stereocenters. The van der Waals surface area contributed by atoms with E-state index in [1.54, 1.807) is 23.5 Å². The van der Waals surface area contributed by atoms with Crippen LogP contribution in [-0.2, 0) is 14.8 Å². The van der Waals surface area contributed by atoms with Gasteiger partial charge in [-0.3, -0.25) is 0 Å². The van der Waals surface area contributed by atoms with E-state index in [4.69, 9.17) is 9.47 Å². The maximum absolute atomic E-state index is 13.3. The molecule has 2 heterocycles. The molecular formula is C20H26N2O4S. The molecule has 0 amide bonds. The van der Waals surface area contributed by atoms with Gasteiger partial charge in [0, 0.05) is 50.1 Å². The molecule has 6 nitrogen and oxygen atoms in total. The Morgan fingerprint density at radius 2 is 1.81 bits per heavy atom. The van der Waals surface area contributed by atoms with Crippen LogP contribution in [0.5, 0.6) is 5.75 Å². The number of fused-ring (bicyclic) bond motifs is 1. The van der Waals surface area contributed by atoms with Gasteiger partial charge in [-0.1, -0.05) is 24.3 Å². The van der Waals surface area contributed by atoms with Gasteiger partial charge < -0.3 is 14.4 Å². The molecule has 0 bridgehead atoms. The van der Waals surface area contributed by atoms with Crippen molar-refractivity contribution in [2.24, 2.45) is 5.92 Å². The third-order valence-electron chi connectivity index (χ3n) is 5.55. The summed E-state index contributed by atoms with van der Waals surface area (Å²) >= 11 is 0. The van der Waals surface area contributed by atoms with E-state index in [1.165, 1.54) is 0 Å². The van der Waals surface area contributed by atoms with Crippen molar-refractivity contribution >= 4 is 20.8 Å². The molecule has 2 saturated heterocycles. The van der Waals surface area contributed by atoms with Gasteiger partial charge in [-0.2, -0.15) is 4.31 Å². The molecule has 0 spiro atoms. The first-order valence-electron chi connectivity index (χ1n) is 9.45. The normalized spacial score (nSPS) is 22.3. The Labute approximate surface area is 160 Å². The Bertz CT molecular complexity index is 901. The first-order valence-corrected chi connectivity index (χ1v) is 10.9. The standard InChI is InChI=1S/C20H26N2O4S/c1-25-19-6-7-20(18-5-3-2-4-17(18)19)27(23,24)22-11-9-21(10-12-22)14-16-8-13-26-15-16/h2-7,16H,8-15H2,1H3/t16-/m0/s1. The van der Waals surface area contributed by atoms with E-state index in [0.717, 1.165) is 44.7 Å². The van der Waals surface area contributed by atoms with Gasteiger partial charge in [0.25, 0.3) is 0 Å². The highest BCUT2D eigenvalue weighted by atomic mass is 32.2. The van der Waals surface area contributed by atoms with Gasteiger partial charge in [0.05, 0.1) is 18.6 Å². The van der Waals surface area contributed by atoms with E-state index in [-0.39, 0.29) is 0 Å². The molecule has 2 fully saturated rings. The van der Waals surface area contributed by atoms with E-state index in [1.807, 2.05) is 24.3 Å². The summed E-state index contributed by atoms with van der Waals surface area (Å²) in [6, 6.07) is 10.9. The number of rotatable bonds is 5. The summed E-state index contributed by atoms with van der Waals surface area (Å²) < 4.78 is 39.1. The fourth-order valence-corrected chi connectivity index (χ4v) is 5.65. The predicted octanol–water partition coefficient (Wildman–Crippen LogP) is 2.19. The minimum atomic E-state index is -3.54. The second-order valence-corrected chi connectivity index (χ2v) is 9.15. The monoisotopic (exact) mass is 390 g/mol. The molecule has 0 unspecified atom stereocenters. The lowest BCUT2D eigenvalue weighted by molar-refractivity contribution is 0.144. The molecule has 27 heavy (non-hydrogen) atoms. The van der Waals surface area contributed by atoms with Crippen LogP contribution in [0.3, 0.4) is 0 Å². The van der Waals surface area contributed by atoms with Crippen LogP contribution >= 0.6 is 0 Å². The average Bonchev–Trinajstić information content (AvgIpc) is 3.20. The van der Waals surface area contributed by atoms with E-state index < -0.39 is 10.0 Å². The maximum Gasteiger partial charge on any atom is 0.243 e. The van der Waals surface area contributed by atoms with Crippen molar-refractivity contribution in [2.75, 3.05) is 53.0 Å². The van der Waals surface area contributed by atoms with Crippen molar-refractivity contribution in [3.63, 3.8) is 0 Å². The minimum Gasteiger partial charge on any atom is -0.496 e. The van der Waals surface area contributed by atoms with Crippen LogP contribution in [-0.4, -0.2) is 70.7 Å². The number of hydrogen-bond donors (Lipinski definition) is 0. The molecule has 0 saturated carbocycles. The van der Waals surface area contributed by atoms with Crippen molar-refractivity contribution in [2.45, 2.75) is 11.3 Å². The third kappa shape index (κ3) is 3.69. The molecule has 7 heteroatoms. The molecule has 2 aromatic rings. The molecule has 2 aromatic carbocycles. The molecule has 0 radical (unpaired) electrons. The first kappa shape index (κ1) is 18.7. The summed E-state index contributed by atoms with van der Waals surface area (Å²) in [5.41, 5.74) is 0. The number of ether oxygens (including phenoxy) is 2. The Morgan fingerprint density at radius 3 is 2.48 bits per heavy atom. The summed E-state index contributed by atoms with van der Waals surface area (Å²) in [6.07, 6.45) is 1.11. The van der Waals surface area contributed by atoms with Gasteiger partial charge in [0.15, 0.2) is 0 Å². The van der Waals surface area contributed by atoms with Gasteiger partial charge in [0.1, 0.15) is 5.75 Å². The lowest BCUT2D eigenvalue weighted by Gasteiger charge is -2.35. The predicted molar refractivity (Wildman–Crippen MR) is 105 cm³/mol. The zero-order valence-corrected chi connectivity index (χ0v) is 16.5. The van der Waals surface area contributed by atoms with Gasteiger partial charge >= 0.3 is 0 Å². The van der Waals surface area contributed by atoms with Crippen molar-refractivity contribution in [1.29, 1.82) is 0 Å². The highest BCUT2D eigenvalue weighted by Crippen LogP contribution is 2.32. The third-order valence-corrected chi connectivity index (χ3v) is 7.51. The second-order valence-electron chi connectivity index (χ2n) is 7.25. The molecule has 2 aliphatic heterocycles. The lowest BCUT2D eigenvalue weighted by atomic mass is 10.1. The summed E-state index contributed by atoms with van der Waals surface area (Å²) in [5.74, 6) is 1.27. The lowest BCUT2D eigenvalue weighted by Crippen LogP contribution is -2.49. The number of benzene rings is 2. The van der Waals surface area contributed by atoms with E-state index >= 15 is 0 Å². The molecule has 146 valence electrons. The van der Waals surface area contributed by atoms with E-state index in [0.29, 0.717) is 35.0 Å². The highest BCUT2D eigenvalue weighted by Gasteiger charge is 2.31. The molecule has 4 rings (SSSR count). The average molecular weight is 391 g/mol. The summed E-state index contributed by atoms with van der Waals surface area (Å²) in [6.45, 7) is 5.26. The fraction of sp³-hybridized carbons (Fsp3) is 0.500. The number of methoxy groups -OCH3 is 1. The van der Waals surface area contributed by atoms with Crippen LogP contribution in [0, 0.1) is 5.92 Å². The quantitative estimate of drug-likeness (QED) is 0.783. The molecule has 0 aromatic heterocycles. The van der Waals surface area contributed by atoms with Gasteiger partial charge in [-0.25, -0.2) is 8.42 Å². The van der Waals surface area contributed by atoms with Crippen molar-refractivity contribution < 1.29 is 17.9 Å². The number of hydrogen-bond acceptors (Lipinski definition) is 5. The minimum absolute atomic E-state index is 0.358. The number of sulfonamides is 1. The van der Waals surface area contributed by atoms with Crippen LogP contribution in [0.2, 0.25) is 0 Å². The summed E-state index contributed by atoms with van der Waals surface area (Å²) in [5, 5.41) is 1.53. The van der Waals surface area contributed by atoms with Crippen LogP contribution in [0.25, 0.3) is 10.8 Å². The van der Waals surface area contributed by atoms with Crippen LogP contribution in [0.4, 0.5) is 0 Å². The molecule has 0 aliphatic carbocycles. The smallest absolute Gasteiger partial charge is 0.243 e. The van der Waals surface area contributed by atoms with E-state index in [9.17, 15) is 8.42 Å². The zero-order chi connectivity index (χ0) is 18.9. The second kappa shape index (κ2) is 7.75. The molecule has 0 N–H and O–H groups in total. The van der Waals surface area contributed by atoms with E-state index in [2.05, 4.69) is 4.90 Å². The Balaban J connectivity index is 1.53. The Kier molecular flexibility index (Phi) is 5.36. The van der Waals surface area contributed by atoms with Crippen LogP contribution < -0.4 is 4.74 Å². The van der Waals surface area contributed by atoms with Gasteiger partial charge in [0.2, 0.25) is 10.0 Å². The summed E-state index contributed by atoms with van der Waals surface area (Å²) in [4.78, 5) is 2.72. The highest BCUT2D eigenvalue weighted by molar-refractivity contribution is 7.89. The van der Waals surface area contributed by atoms with Crippen molar-refractivity contribution in [1.82, 2.24) is 9.21 Å². The topological polar surface area (TPSA) is 59.1 Å². The van der Waals surface area contributed by atoms with Gasteiger partial charge in [-0.15, -0.1) is 0 Å². The number of piperazine rings is 1. The first-order chi connectivity index (χ1) is 13.1. The van der Waals surface area contributed by atoms with Crippen LogP contribution in [0.15, 0.2) is 41.3 Å². The largest absolute Gasteiger partial charge is 0.496 e. The zero-order valence-electron chi connectivity index (χ0n) is 15.6. The number of nitrogens with zero attached hydrogens (tertiary/aromatic N) is 2. The van der Waals surface area contributed by atoms with Crippen molar-refractivity contribution in [3.8, 4) is 5.75 Å². The van der Waals surface area contributed by atoms with Gasteiger partial charge in [-0.05, 0) is 24.5 Å². The molecule has 2 aliphatic rings. The fourth-order valence-electron chi connectivity index (χ4n) is 4.03. The Morgan fingerprint density at radius 1 is 1.07 bits per heavy atom.